The van der Waals surface area contributed by atoms with Crippen LogP contribution in [0.2, 0.25) is 0 Å². The molecule has 0 aliphatic carbocycles. The van der Waals surface area contributed by atoms with Gasteiger partial charge < -0.3 is 4.74 Å². The molecule has 0 aromatic heterocycles. The quantitative estimate of drug-likeness (QED) is 0.609. The standard InChI is InChI=1S/C14H15F3O2/c1-6-7(2)19-8(3)11(6)14(18)9-4-5-10(15)13(17)12(9)16/h4-8,11H,1-3H3. The van der Waals surface area contributed by atoms with Crippen LogP contribution < -0.4 is 0 Å². The Morgan fingerprint density at radius 2 is 1.68 bits per heavy atom. The second-order valence-corrected chi connectivity index (χ2v) is 5.02. The van der Waals surface area contributed by atoms with E-state index in [4.69, 9.17) is 4.74 Å². The maximum Gasteiger partial charge on any atom is 0.195 e. The second-order valence-electron chi connectivity index (χ2n) is 5.02. The number of rotatable bonds is 2. The normalized spacial score (nSPS) is 30.6. The summed E-state index contributed by atoms with van der Waals surface area (Å²) in [5.41, 5.74) is -0.416. The van der Waals surface area contributed by atoms with Gasteiger partial charge in [0.25, 0.3) is 0 Å². The van der Waals surface area contributed by atoms with Gasteiger partial charge in [-0.25, -0.2) is 13.2 Å². The molecule has 0 radical (unpaired) electrons. The van der Waals surface area contributed by atoms with Gasteiger partial charge in [-0.05, 0) is 31.9 Å². The third-order valence-electron chi connectivity index (χ3n) is 3.85. The first-order valence-electron chi connectivity index (χ1n) is 6.17. The fourth-order valence-electron chi connectivity index (χ4n) is 2.61. The van der Waals surface area contributed by atoms with Crippen molar-refractivity contribution in [2.24, 2.45) is 11.8 Å². The van der Waals surface area contributed by atoms with Crippen LogP contribution in [-0.2, 0) is 4.74 Å². The minimum Gasteiger partial charge on any atom is -0.374 e. The fraction of sp³-hybridized carbons (Fsp3) is 0.500. The van der Waals surface area contributed by atoms with Crippen LogP contribution in [0.1, 0.15) is 31.1 Å². The van der Waals surface area contributed by atoms with Crippen molar-refractivity contribution >= 4 is 5.78 Å². The lowest BCUT2D eigenvalue weighted by atomic mass is 9.83. The van der Waals surface area contributed by atoms with E-state index in [2.05, 4.69) is 0 Å². The molecule has 2 rings (SSSR count). The van der Waals surface area contributed by atoms with Gasteiger partial charge in [0, 0.05) is 0 Å². The summed E-state index contributed by atoms with van der Waals surface area (Å²) >= 11 is 0. The highest BCUT2D eigenvalue weighted by Gasteiger charge is 2.42. The summed E-state index contributed by atoms with van der Waals surface area (Å²) in [6.07, 6.45) is -0.498. The van der Waals surface area contributed by atoms with Gasteiger partial charge in [0.05, 0.1) is 23.7 Å². The summed E-state index contributed by atoms with van der Waals surface area (Å²) in [6, 6.07) is 1.75. The molecule has 4 atom stereocenters. The number of ketones is 1. The molecule has 1 aromatic rings. The second kappa shape index (κ2) is 4.96. The Hall–Kier alpha value is -1.36. The van der Waals surface area contributed by atoms with E-state index in [0.717, 1.165) is 12.1 Å². The monoisotopic (exact) mass is 272 g/mol. The molecule has 0 bridgehead atoms. The summed E-state index contributed by atoms with van der Waals surface area (Å²) in [5, 5.41) is 0. The number of hydrogen-bond acceptors (Lipinski definition) is 2. The largest absolute Gasteiger partial charge is 0.374 e. The Morgan fingerprint density at radius 1 is 1.05 bits per heavy atom. The van der Waals surface area contributed by atoms with Crippen molar-refractivity contribution in [1.82, 2.24) is 0 Å². The highest BCUT2D eigenvalue weighted by atomic mass is 19.2. The molecule has 1 aliphatic heterocycles. The van der Waals surface area contributed by atoms with Gasteiger partial charge in [-0.15, -0.1) is 0 Å². The van der Waals surface area contributed by atoms with E-state index >= 15 is 0 Å². The van der Waals surface area contributed by atoms with Crippen LogP contribution in [0.15, 0.2) is 12.1 Å². The highest BCUT2D eigenvalue weighted by molar-refractivity contribution is 5.98. The first-order chi connectivity index (χ1) is 8.84. The van der Waals surface area contributed by atoms with E-state index in [1.807, 2.05) is 13.8 Å². The van der Waals surface area contributed by atoms with E-state index < -0.39 is 34.7 Å². The number of ether oxygens (including phenoxy) is 1. The predicted octanol–water partition coefficient (Wildman–Crippen LogP) is 3.35. The minimum atomic E-state index is -1.61. The third-order valence-corrected chi connectivity index (χ3v) is 3.85. The number of hydrogen-bond donors (Lipinski definition) is 0. The lowest BCUT2D eigenvalue weighted by molar-refractivity contribution is 0.0490. The zero-order valence-corrected chi connectivity index (χ0v) is 10.9. The Morgan fingerprint density at radius 3 is 2.21 bits per heavy atom. The zero-order valence-electron chi connectivity index (χ0n) is 10.9. The highest BCUT2D eigenvalue weighted by Crippen LogP contribution is 2.35. The van der Waals surface area contributed by atoms with Gasteiger partial charge in [0.2, 0.25) is 0 Å². The Bertz CT molecular complexity index is 516. The molecule has 1 heterocycles. The Balaban J connectivity index is 2.38. The maximum absolute atomic E-state index is 13.6. The van der Waals surface area contributed by atoms with Crippen molar-refractivity contribution in [3.05, 3.63) is 35.1 Å². The van der Waals surface area contributed by atoms with Crippen molar-refractivity contribution in [3.8, 4) is 0 Å². The SMILES string of the molecule is CC1OC(C)C(C(=O)c2ccc(F)c(F)c2F)C1C. The van der Waals surface area contributed by atoms with E-state index in [-0.39, 0.29) is 18.1 Å². The maximum atomic E-state index is 13.6. The van der Waals surface area contributed by atoms with Crippen LogP contribution in [0.5, 0.6) is 0 Å². The van der Waals surface area contributed by atoms with Gasteiger partial charge >= 0.3 is 0 Å². The average molecular weight is 272 g/mol. The molecule has 0 N–H and O–H groups in total. The molecule has 0 spiro atoms. The smallest absolute Gasteiger partial charge is 0.195 e. The molecule has 1 aromatic carbocycles. The molecule has 0 saturated carbocycles. The molecule has 0 amide bonds. The number of Topliss-reactive ketones (excluding diaryl/α,β-unsaturated/α-hetero) is 1. The van der Waals surface area contributed by atoms with Crippen LogP contribution in [0.4, 0.5) is 13.2 Å². The molecule has 19 heavy (non-hydrogen) atoms. The molecular formula is C14H15F3O2. The van der Waals surface area contributed by atoms with E-state index in [1.54, 1.807) is 6.92 Å². The molecule has 1 aliphatic rings. The van der Waals surface area contributed by atoms with Crippen LogP contribution in [0.25, 0.3) is 0 Å². The molecule has 1 fully saturated rings. The number of halogens is 3. The summed E-state index contributed by atoms with van der Waals surface area (Å²) in [6.45, 7) is 5.38. The van der Waals surface area contributed by atoms with Crippen molar-refractivity contribution in [2.45, 2.75) is 33.0 Å². The number of carbonyl (C=O) groups is 1. The molecular weight excluding hydrogens is 257 g/mol. The molecule has 2 nitrogen and oxygen atoms in total. The van der Waals surface area contributed by atoms with Crippen molar-refractivity contribution in [3.63, 3.8) is 0 Å². The Labute approximate surface area is 109 Å². The predicted molar refractivity (Wildman–Crippen MR) is 63.3 cm³/mol. The summed E-state index contributed by atoms with van der Waals surface area (Å²) in [7, 11) is 0. The molecule has 5 heteroatoms. The first-order valence-corrected chi connectivity index (χ1v) is 6.17. The van der Waals surface area contributed by atoms with Crippen LogP contribution in [0.3, 0.4) is 0 Å². The molecule has 104 valence electrons. The topological polar surface area (TPSA) is 26.3 Å². The van der Waals surface area contributed by atoms with E-state index in [9.17, 15) is 18.0 Å². The molecule has 1 saturated heterocycles. The minimum absolute atomic E-state index is 0.102. The van der Waals surface area contributed by atoms with Crippen LogP contribution in [0, 0.1) is 29.3 Å². The lowest BCUT2D eigenvalue weighted by Crippen LogP contribution is -2.28. The van der Waals surface area contributed by atoms with Gasteiger partial charge in [0.1, 0.15) is 0 Å². The van der Waals surface area contributed by atoms with Crippen molar-refractivity contribution < 1.29 is 22.7 Å². The van der Waals surface area contributed by atoms with Crippen molar-refractivity contribution in [2.75, 3.05) is 0 Å². The summed E-state index contributed by atoms with van der Waals surface area (Å²) in [4.78, 5) is 12.3. The van der Waals surface area contributed by atoms with Crippen molar-refractivity contribution in [1.29, 1.82) is 0 Å². The lowest BCUT2D eigenvalue weighted by Gasteiger charge is -2.17. The third kappa shape index (κ3) is 2.27. The van der Waals surface area contributed by atoms with Crippen LogP contribution >= 0.6 is 0 Å². The fourth-order valence-corrected chi connectivity index (χ4v) is 2.61. The van der Waals surface area contributed by atoms with Crippen LogP contribution in [-0.4, -0.2) is 18.0 Å². The molecule has 4 unspecified atom stereocenters. The van der Waals surface area contributed by atoms with E-state index in [1.165, 1.54) is 0 Å². The summed E-state index contributed by atoms with van der Waals surface area (Å²) in [5.74, 6) is -5.53. The van der Waals surface area contributed by atoms with Gasteiger partial charge in [-0.1, -0.05) is 6.92 Å². The zero-order chi connectivity index (χ0) is 14.3. The summed E-state index contributed by atoms with van der Waals surface area (Å²) < 4.78 is 45.2. The average Bonchev–Trinajstić information content (AvgIpc) is 2.60. The van der Waals surface area contributed by atoms with Gasteiger partial charge in [-0.3, -0.25) is 4.79 Å². The first kappa shape index (κ1) is 14.1. The number of carbonyl (C=O) groups excluding carboxylic acids is 1. The number of benzene rings is 1. The Kier molecular flexibility index (Phi) is 3.67. The van der Waals surface area contributed by atoms with Gasteiger partial charge in [-0.2, -0.15) is 0 Å². The van der Waals surface area contributed by atoms with Gasteiger partial charge in [0.15, 0.2) is 23.2 Å². The van der Waals surface area contributed by atoms with E-state index in [0.29, 0.717) is 0 Å².